The number of likely N-dealkylation sites (N-methyl/N-ethyl adjacent to an activating group) is 1. The number of aliphatic imine (C=N–C) groups is 1. The van der Waals surface area contributed by atoms with Crippen molar-refractivity contribution in [2.75, 3.05) is 43.4 Å². The van der Waals surface area contributed by atoms with Crippen LogP contribution in [0.5, 0.6) is 0 Å². The second-order valence-electron chi connectivity index (χ2n) is 7.49. The van der Waals surface area contributed by atoms with Crippen LogP contribution in [-0.4, -0.2) is 59.0 Å². The van der Waals surface area contributed by atoms with Crippen LogP contribution in [0.4, 0.5) is 23.0 Å². The molecule has 0 saturated carbocycles. The third-order valence-corrected chi connectivity index (χ3v) is 5.82. The summed E-state index contributed by atoms with van der Waals surface area (Å²) in [6.07, 6.45) is 1.87. The number of pyridine rings is 1. The Morgan fingerprint density at radius 2 is 1.86 bits per heavy atom. The molecule has 7 nitrogen and oxygen atoms in total. The molecule has 8 heteroatoms. The first kappa shape index (κ1) is 18.1. The minimum absolute atomic E-state index is 0.666. The number of piperazine rings is 1. The molecule has 5 rings (SSSR count). The lowest BCUT2D eigenvalue weighted by Crippen LogP contribution is -2.44. The van der Waals surface area contributed by atoms with Crippen molar-refractivity contribution < 1.29 is 0 Å². The van der Waals surface area contributed by atoms with E-state index in [1.54, 1.807) is 0 Å². The number of aryl methyl sites for hydroxylation is 1. The Morgan fingerprint density at radius 3 is 2.66 bits per heavy atom. The lowest BCUT2D eigenvalue weighted by atomic mass is 10.0. The summed E-state index contributed by atoms with van der Waals surface area (Å²) < 4.78 is 0. The largest absolute Gasteiger partial charge is 0.354 e. The molecule has 1 saturated heterocycles. The predicted octanol–water partition coefficient (Wildman–Crippen LogP) is 3.74. The van der Waals surface area contributed by atoms with Gasteiger partial charge in [-0.1, -0.05) is 29.8 Å². The van der Waals surface area contributed by atoms with Crippen molar-refractivity contribution in [3.05, 3.63) is 58.4 Å². The third-order valence-electron chi connectivity index (χ3n) is 5.49. The van der Waals surface area contributed by atoms with Crippen molar-refractivity contribution in [1.82, 2.24) is 20.1 Å². The Labute approximate surface area is 174 Å². The van der Waals surface area contributed by atoms with E-state index < -0.39 is 0 Å². The van der Waals surface area contributed by atoms with E-state index >= 15 is 0 Å². The van der Waals surface area contributed by atoms with Gasteiger partial charge >= 0.3 is 0 Å². The molecule has 0 aliphatic carbocycles. The minimum Gasteiger partial charge on any atom is -0.354 e. The Morgan fingerprint density at radius 1 is 1.07 bits per heavy atom. The summed E-state index contributed by atoms with van der Waals surface area (Å²) in [5, 5.41) is 11.4. The molecule has 0 bridgehead atoms. The number of halogens is 1. The molecule has 3 aromatic rings. The highest BCUT2D eigenvalue weighted by molar-refractivity contribution is 6.36. The van der Waals surface area contributed by atoms with E-state index in [9.17, 15) is 0 Å². The van der Waals surface area contributed by atoms with Crippen molar-refractivity contribution in [2.24, 2.45) is 4.99 Å². The van der Waals surface area contributed by atoms with Crippen LogP contribution in [0.2, 0.25) is 5.02 Å². The summed E-state index contributed by atoms with van der Waals surface area (Å²) in [6, 6.07) is 9.91. The first-order valence-electron chi connectivity index (χ1n) is 9.69. The highest BCUT2D eigenvalue weighted by Gasteiger charge is 2.24. The van der Waals surface area contributed by atoms with Crippen LogP contribution in [0, 0.1) is 6.92 Å². The van der Waals surface area contributed by atoms with E-state index in [1.165, 1.54) is 0 Å². The second kappa shape index (κ2) is 7.17. The van der Waals surface area contributed by atoms with Gasteiger partial charge in [-0.15, -0.1) is 0 Å². The molecule has 2 aromatic heterocycles. The monoisotopic (exact) mass is 407 g/mol. The molecule has 2 N–H and O–H groups in total. The molecule has 0 unspecified atom stereocenters. The zero-order valence-electron chi connectivity index (χ0n) is 16.4. The summed E-state index contributed by atoms with van der Waals surface area (Å²) in [5.41, 5.74) is 5.24. The number of rotatable bonds is 2. The molecule has 29 heavy (non-hydrogen) atoms. The van der Waals surface area contributed by atoms with Crippen LogP contribution < -0.4 is 10.2 Å². The molecule has 0 atom stereocenters. The smallest absolute Gasteiger partial charge is 0.178 e. The molecular formula is C21H22ClN7. The zero-order valence-corrected chi connectivity index (χ0v) is 17.2. The Kier molecular flexibility index (Phi) is 4.49. The summed E-state index contributed by atoms with van der Waals surface area (Å²) in [7, 11) is 2.15. The summed E-state index contributed by atoms with van der Waals surface area (Å²) in [6.45, 7) is 5.92. The fraction of sp³-hybridized carbons (Fsp3) is 0.286. The number of H-pyrrole nitrogens is 1. The molecule has 1 fully saturated rings. The van der Waals surface area contributed by atoms with Crippen LogP contribution in [0.1, 0.15) is 16.8 Å². The number of anilines is 3. The number of nitrogens with one attached hydrogen (secondary N) is 2. The van der Waals surface area contributed by atoms with Crippen LogP contribution >= 0.6 is 11.6 Å². The quantitative estimate of drug-likeness (QED) is 0.529. The van der Waals surface area contributed by atoms with Crippen molar-refractivity contribution in [1.29, 1.82) is 0 Å². The number of benzene rings is 1. The molecule has 148 valence electrons. The van der Waals surface area contributed by atoms with Gasteiger partial charge < -0.3 is 15.1 Å². The summed E-state index contributed by atoms with van der Waals surface area (Å²) >= 11 is 6.57. The number of aromatic amines is 1. The molecule has 0 amide bonds. The fourth-order valence-electron chi connectivity index (χ4n) is 3.75. The average molecular weight is 408 g/mol. The van der Waals surface area contributed by atoms with E-state index in [0.717, 1.165) is 65.9 Å². The molecular weight excluding hydrogens is 386 g/mol. The third kappa shape index (κ3) is 3.26. The maximum atomic E-state index is 6.57. The van der Waals surface area contributed by atoms with Gasteiger partial charge in [-0.25, -0.2) is 9.98 Å². The molecule has 0 spiro atoms. The van der Waals surface area contributed by atoms with Crippen molar-refractivity contribution in [2.45, 2.75) is 6.92 Å². The summed E-state index contributed by atoms with van der Waals surface area (Å²) in [5.74, 6) is 1.65. The molecule has 2 aliphatic rings. The van der Waals surface area contributed by atoms with E-state index in [2.05, 4.69) is 38.4 Å². The highest BCUT2D eigenvalue weighted by atomic mass is 35.5. The van der Waals surface area contributed by atoms with Gasteiger partial charge in [0.05, 0.1) is 23.3 Å². The SMILES string of the molecule is Cc1[nH]nc2c1N=C(c1ccccc1Cl)c1cc(N3CCN(C)CC3)ncc1N2. The Bertz CT molecular complexity index is 1100. The van der Waals surface area contributed by atoms with Gasteiger partial charge in [0.25, 0.3) is 0 Å². The predicted molar refractivity (Wildman–Crippen MR) is 117 cm³/mol. The van der Waals surface area contributed by atoms with Gasteiger partial charge in [0.15, 0.2) is 5.82 Å². The van der Waals surface area contributed by atoms with E-state index in [-0.39, 0.29) is 0 Å². The number of aromatic nitrogens is 3. The maximum absolute atomic E-state index is 6.57. The van der Waals surface area contributed by atoms with E-state index in [1.807, 2.05) is 37.4 Å². The van der Waals surface area contributed by atoms with E-state index in [4.69, 9.17) is 21.6 Å². The zero-order chi connectivity index (χ0) is 20.0. The average Bonchev–Trinajstić information content (AvgIpc) is 2.98. The van der Waals surface area contributed by atoms with Crippen LogP contribution in [0.25, 0.3) is 0 Å². The Hall–Kier alpha value is -2.90. The molecule has 2 aliphatic heterocycles. The van der Waals surface area contributed by atoms with Crippen molar-refractivity contribution in [3.63, 3.8) is 0 Å². The number of nitrogens with zero attached hydrogens (tertiary/aromatic N) is 5. The molecule has 0 radical (unpaired) electrons. The lowest BCUT2D eigenvalue weighted by molar-refractivity contribution is 0.312. The summed E-state index contributed by atoms with van der Waals surface area (Å²) in [4.78, 5) is 14.4. The number of hydrogen-bond donors (Lipinski definition) is 2. The van der Waals surface area contributed by atoms with Crippen molar-refractivity contribution >= 4 is 40.3 Å². The number of hydrogen-bond acceptors (Lipinski definition) is 6. The van der Waals surface area contributed by atoms with Crippen LogP contribution in [-0.2, 0) is 0 Å². The van der Waals surface area contributed by atoms with Gasteiger partial charge in [-0.05, 0) is 26.1 Å². The maximum Gasteiger partial charge on any atom is 0.178 e. The van der Waals surface area contributed by atoms with E-state index in [0.29, 0.717) is 10.8 Å². The Balaban J connectivity index is 1.66. The number of fused-ring (bicyclic) bond motifs is 2. The highest BCUT2D eigenvalue weighted by Crippen LogP contribution is 2.38. The normalized spacial score (nSPS) is 16.5. The second-order valence-corrected chi connectivity index (χ2v) is 7.90. The van der Waals surface area contributed by atoms with Crippen LogP contribution in [0.15, 0.2) is 41.5 Å². The minimum atomic E-state index is 0.666. The first-order valence-corrected chi connectivity index (χ1v) is 10.1. The van der Waals surface area contributed by atoms with Gasteiger partial charge in [-0.2, -0.15) is 5.10 Å². The standard InChI is InChI=1S/C21H22ClN7/c1-13-19-21(27-26-13)24-17-12-23-18(29-9-7-28(2)8-10-29)11-15(17)20(25-19)14-5-3-4-6-16(14)22/h3-6,11-12H,7-10H2,1-2H3,(H2,24,26,27). The lowest BCUT2D eigenvalue weighted by Gasteiger charge is -2.33. The van der Waals surface area contributed by atoms with Gasteiger partial charge in [-0.3, -0.25) is 5.10 Å². The van der Waals surface area contributed by atoms with Gasteiger partial charge in [0.1, 0.15) is 11.5 Å². The molecule has 1 aromatic carbocycles. The first-order chi connectivity index (χ1) is 14.1. The molecule has 4 heterocycles. The van der Waals surface area contributed by atoms with Crippen molar-refractivity contribution in [3.8, 4) is 0 Å². The topological polar surface area (TPSA) is 72.4 Å². The van der Waals surface area contributed by atoms with Gasteiger partial charge in [0.2, 0.25) is 0 Å². The fourth-order valence-corrected chi connectivity index (χ4v) is 3.98. The van der Waals surface area contributed by atoms with Crippen LogP contribution in [0.3, 0.4) is 0 Å². The van der Waals surface area contributed by atoms with Gasteiger partial charge in [0, 0.05) is 42.3 Å².